The van der Waals surface area contributed by atoms with Crippen LogP contribution in [-0.2, 0) is 20.9 Å². The molecule has 1 saturated heterocycles. The van der Waals surface area contributed by atoms with Gasteiger partial charge in [-0.1, -0.05) is 22.0 Å². The van der Waals surface area contributed by atoms with E-state index in [-0.39, 0.29) is 53.3 Å². The van der Waals surface area contributed by atoms with Crippen molar-refractivity contribution in [1.29, 1.82) is 0 Å². The number of hydrogen-bond acceptors (Lipinski definition) is 4. The first kappa shape index (κ1) is 22.3. The van der Waals surface area contributed by atoms with Crippen molar-refractivity contribution in [2.75, 3.05) is 19.7 Å². The largest absolute Gasteiger partial charge is 0.465 e. The average Bonchev–Trinajstić information content (AvgIpc) is 3.45. The van der Waals surface area contributed by atoms with Crippen LogP contribution < -0.4 is 10.6 Å². The second kappa shape index (κ2) is 9.05. The van der Waals surface area contributed by atoms with Gasteiger partial charge in [0.1, 0.15) is 5.82 Å². The lowest BCUT2D eigenvalue weighted by molar-refractivity contribution is -0.156. The minimum Gasteiger partial charge on any atom is -0.465 e. The van der Waals surface area contributed by atoms with Gasteiger partial charge in [0.25, 0.3) is 0 Å². The Bertz CT molecular complexity index is 884. The summed E-state index contributed by atoms with van der Waals surface area (Å²) in [5, 5.41) is 6.30. The molecule has 2 bridgehead atoms. The fourth-order valence-electron chi connectivity index (χ4n) is 6.88. The Labute approximate surface area is 197 Å². The molecule has 0 aromatic heterocycles. The minimum absolute atomic E-state index is 0.119. The molecule has 1 spiro atoms. The highest BCUT2D eigenvalue weighted by molar-refractivity contribution is 9.10. The molecule has 5 rings (SSSR count). The van der Waals surface area contributed by atoms with Crippen LogP contribution in [0.4, 0.5) is 4.39 Å². The summed E-state index contributed by atoms with van der Waals surface area (Å²) in [5.74, 6) is -0.221. The van der Waals surface area contributed by atoms with Gasteiger partial charge in [0.15, 0.2) is 0 Å². The molecular formula is C25H32BrFN2O3. The Morgan fingerprint density at radius 2 is 1.84 bits per heavy atom. The van der Waals surface area contributed by atoms with Gasteiger partial charge in [0, 0.05) is 16.6 Å². The Morgan fingerprint density at radius 3 is 2.53 bits per heavy atom. The second-order valence-electron chi connectivity index (χ2n) is 10.2. The van der Waals surface area contributed by atoms with E-state index in [1.165, 1.54) is 6.07 Å². The number of benzene rings is 1. The minimum atomic E-state index is -0.348. The summed E-state index contributed by atoms with van der Waals surface area (Å²) in [6, 6.07) is 4.85. The van der Waals surface area contributed by atoms with Gasteiger partial charge in [0.05, 0.1) is 18.4 Å². The summed E-state index contributed by atoms with van der Waals surface area (Å²) in [6.07, 6.45) is 7.43. The van der Waals surface area contributed by atoms with Crippen molar-refractivity contribution in [1.82, 2.24) is 10.6 Å². The molecule has 7 heteroatoms. The smallest absolute Gasteiger partial charge is 0.310 e. The maximum Gasteiger partial charge on any atom is 0.310 e. The van der Waals surface area contributed by atoms with Crippen molar-refractivity contribution >= 4 is 27.8 Å². The number of esters is 1. The number of halogens is 2. The Kier molecular flexibility index (Phi) is 6.32. The summed E-state index contributed by atoms with van der Waals surface area (Å²) >= 11 is 3.26. The van der Waals surface area contributed by atoms with Crippen molar-refractivity contribution in [2.45, 2.75) is 51.5 Å². The maximum absolute atomic E-state index is 14.2. The predicted octanol–water partition coefficient (Wildman–Crippen LogP) is 4.19. The van der Waals surface area contributed by atoms with E-state index in [9.17, 15) is 14.0 Å². The van der Waals surface area contributed by atoms with Crippen LogP contribution in [-0.4, -0.2) is 31.6 Å². The molecule has 0 radical (unpaired) electrons. The molecule has 2 N–H and O–H groups in total. The highest BCUT2D eigenvalue weighted by Gasteiger charge is 2.71. The van der Waals surface area contributed by atoms with Crippen molar-refractivity contribution in [3.63, 3.8) is 0 Å². The molecule has 4 atom stereocenters. The number of carbonyl (C=O) groups excluding carboxylic acids is 2. The lowest BCUT2D eigenvalue weighted by Crippen LogP contribution is -2.42. The van der Waals surface area contributed by atoms with E-state index in [1.54, 1.807) is 12.1 Å². The molecule has 3 saturated carbocycles. The van der Waals surface area contributed by atoms with Crippen LogP contribution >= 0.6 is 15.9 Å². The third-order valence-electron chi connectivity index (χ3n) is 8.62. The summed E-state index contributed by atoms with van der Waals surface area (Å²) in [4.78, 5) is 26.5. The van der Waals surface area contributed by atoms with E-state index in [2.05, 4.69) is 26.6 Å². The predicted molar refractivity (Wildman–Crippen MR) is 122 cm³/mol. The lowest BCUT2D eigenvalue weighted by Gasteiger charge is -2.29. The van der Waals surface area contributed by atoms with Gasteiger partial charge in [0.2, 0.25) is 5.91 Å². The average molecular weight is 507 g/mol. The van der Waals surface area contributed by atoms with E-state index >= 15 is 0 Å². The molecule has 174 valence electrons. The van der Waals surface area contributed by atoms with Crippen LogP contribution in [0.3, 0.4) is 0 Å². The molecule has 1 heterocycles. The summed E-state index contributed by atoms with van der Waals surface area (Å²) in [7, 11) is 0. The van der Waals surface area contributed by atoms with Gasteiger partial charge in [-0.2, -0.15) is 0 Å². The first-order valence-corrected chi connectivity index (χ1v) is 12.9. The third kappa shape index (κ3) is 4.11. The number of carbonyl (C=O) groups is 2. The van der Waals surface area contributed by atoms with Crippen LogP contribution in [0.15, 0.2) is 22.7 Å². The molecule has 1 amide bonds. The number of ether oxygens (including phenoxy) is 1. The van der Waals surface area contributed by atoms with Gasteiger partial charge in [-0.15, -0.1) is 0 Å². The molecule has 4 aliphatic rings. The van der Waals surface area contributed by atoms with E-state index in [4.69, 9.17) is 4.74 Å². The Morgan fingerprint density at radius 1 is 1.12 bits per heavy atom. The first-order chi connectivity index (χ1) is 15.5. The lowest BCUT2D eigenvalue weighted by atomic mass is 9.78. The SMILES string of the molecule is O=C(OCCC1CCNCC1)[C@H]1[C@H](C(=O)NCc2ccc(Br)cc2F)[C@@H]2CC[C@H]1C21CC1. The zero-order chi connectivity index (χ0) is 22.3. The Balaban J connectivity index is 1.23. The maximum atomic E-state index is 14.2. The van der Waals surface area contributed by atoms with Gasteiger partial charge >= 0.3 is 5.97 Å². The monoisotopic (exact) mass is 506 g/mol. The molecule has 0 unspecified atom stereocenters. The van der Waals surface area contributed by atoms with Crippen LogP contribution in [0.1, 0.15) is 50.5 Å². The number of amides is 1. The number of hydrogen-bond donors (Lipinski definition) is 2. The number of nitrogens with one attached hydrogen (secondary N) is 2. The quantitative estimate of drug-likeness (QED) is 0.544. The standard InChI is InChI=1S/C25H32BrFN2O3/c26-17-2-1-16(20(27)13-17)14-29-23(30)21-18-3-4-19(25(18)8-9-25)22(21)24(31)32-12-7-15-5-10-28-11-6-15/h1-2,13,15,18-19,21-22,28H,3-12,14H2,(H,29,30)/t18-,19+,21+,22+/m0/s1. The van der Waals surface area contributed by atoms with Crippen molar-refractivity contribution in [3.05, 3.63) is 34.1 Å². The van der Waals surface area contributed by atoms with Crippen molar-refractivity contribution in [2.24, 2.45) is 35.0 Å². The molecule has 1 aliphatic heterocycles. The molecule has 1 aromatic carbocycles. The zero-order valence-corrected chi connectivity index (χ0v) is 20.0. The van der Waals surface area contributed by atoms with Crippen molar-refractivity contribution in [3.8, 4) is 0 Å². The molecule has 4 fully saturated rings. The third-order valence-corrected chi connectivity index (χ3v) is 9.11. The van der Waals surface area contributed by atoms with E-state index < -0.39 is 0 Å². The molecular weight excluding hydrogens is 475 g/mol. The number of rotatable bonds is 7. The summed E-state index contributed by atoms with van der Waals surface area (Å²) in [5.41, 5.74) is 0.621. The van der Waals surface area contributed by atoms with Crippen LogP contribution in [0.25, 0.3) is 0 Å². The number of piperidine rings is 1. The fraction of sp³-hybridized carbons (Fsp3) is 0.680. The molecule has 5 nitrogen and oxygen atoms in total. The second-order valence-corrected chi connectivity index (χ2v) is 11.1. The van der Waals surface area contributed by atoms with Crippen LogP contribution in [0.5, 0.6) is 0 Å². The zero-order valence-electron chi connectivity index (χ0n) is 18.4. The highest BCUT2D eigenvalue weighted by Crippen LogP contribution is 2.74. The summed E-state index contributed by atoms with van der Waals surface area (Å²) < 4.78 is 20.6. The normalized spacial score (nSPS) is 30.4. The van der Waals surface area contributed by atoms with E-state index in [0.29, 0.717) is 22.6 Å². The topological polar surface area (TPSA) is 67.4 Å². The highest BCUT2D eigenvalue weighted by atomic mass is 79.9. The molecule has 3 aliphatic carbocycles. The van der Waals surface area contributed by atoms with Gasteiger partial charge in [-0.3, -0.25) is 9.59 Å². The summed E-state index contributed by atoms with van der Waals surface area (Å²) in [6.45, 7) is 2.66. The van der Waals surface area contributed by atoms with Crippen LogP contribution in [0, 0.1) is 40.8 Å². The van der Waals surface area contributed by atoms with E-state index in [1.807, 2.05) is 0 Å². The van der Waals surface area contributed by atoms with Gasteiger partial charge < -0.3 is 15.4 Å². The first-order valence-electron chi connectivity index (χ1n) is 12.1. The molecule has 1 aromatic rings. The van der Waals surface area contributed by atoms with Crippen molar-refractivity contribution < 1.29 is 18.7 Å². The van der Waals surface area contributed by atoms with Crippen LogP contribution in [0.2, 0.25) is 0 Å². The fourth-order valence-corrected chi connectivity index (χ4v) is 7.22. The van der Waals surface area contributed by atoms with Gasteiger partial charge in [-0.25, -0.2) is 4.39 Å². The molecule has 32 heavy (non-hydrogen) atoms. The van der Waals surface area contributed by atoms with Gasteiger partial charge in [-0.05, 0) is 93.3 Å². The van der Waals surface area contributed by atoms with E-state index in [0.717, 1.165) is 58.0 Å². The Hall–Kier alpha value is -1.47.